The van der Waals surface area contributed by atoms with Crippen LogP contribution in [0.4, 0.5) is 0 Å². The van der Waals surface area contributed by atoms with Crippen molar-refractivity contribution < 1.29 is 19.4 Å². The van der Waals surface area contributed by atoms with Crippen molar-refractivity contribution in [2.45, 2.75) is 12.8 Å². The normalized spacial score (nSPS) is 20.7. The zero-order valence-electron chi connectivity index (χ0n) is 7.50. The van der Waals surface area contributed by atoms with Crippen molar-refractivity contribution in [3.05, 3.63) is 0 Å². The van der Waals surface area contributed by atoms with Gasteiger partial charge in [0.15, 0.2) is 5.41 Å². The van der Waals surface area contributed by atoms with Gasteiger partial charge >= 0.3 is 5.97 Å². The molecule has 0 bridgehead atoms. The molecule has 1 rings (SSSR count). The van der Waals surface area contributed by atoms with Gasteiger partial charge in [-0.15, -0.1) is 0 Å². The fraction of sp³-hybridized carbons (Fsp3) is 0.750. The van der Waals surface area contributed by atoms with Crippen molar-refractivity contribution in [3.63, 3.8) is 0 Å². The van der Waals surface area contributed by atoms with Crippen molar-refractivity contribution in [2.75, 3.05) is 20.3 Å². The number of amides is 1. The van der Waals surface area contributed by atoms with Gasteiger partial charge in [0.1, 0.15) is 0 Å². The van der Waals surface area contributed by atoms with Gasteiger partial charge in [-0.1, -0.05) is 0 Å². The minimum atomic E-state index is -1.27. The lowest BCUT2D eigenvalue weighted by Crippen LogP contribution is -2.48. The Morgan fingerprint density at radius 1 is 1.38 bits per heavy atom. The van der Waals surface area contributed by atoms with Crippen LogP contribution in [0.2, 0.25) is 0 Å². The Labute approximate surface area is 76.1 Å². The maximum atomic E-state index is 11.4. The van der Waals surface area contributed by atoms with Crippen molar-refractivity contribution in [1.82, 2.24) is 5.32 Å². The molecule has 5 heteroatoms. The molecule has 0 aromatic heterocycles. The summed E-state index contributed by atoms with van der Waals surface area (Å²) in [5.74, 6) is -1.49. The van der Waals surface area contributed by atoms with Gasteiger partial charge in [-0.05, 0) is 12.8 Å². The minimum Gasteiger partial charge on any atom is -0.480 e. The monoisotopic (exact) mass is 187 g/mol. The van der Waals surface area contributed by atoms with E-state index in [9.17, 15) is 9.59 Å². The number of carbonyl (C=O) groups excluding carboxylic acids is 1. The Hall–Kier alpha value is -1.10. The number of carboxylic acid groups (broad SMARTS) is 1. The number of nitrogens with one attached hydrogen (secondary N) is 1. The highest BCUT2D eigenvalue weighted by atomic mass is 16.5. The molecule has 0 aromatic rings. The summed E-state index contributed by atoms with van der Waals surface area (Å²) in [5.41, 5.74) is -1.27. The fourth-order valence-electron chi connectivity index (χ4n) is 1.50. The van der Waals surface area contributed by atoms with Crippen molar-refractivity contribution in [3.8, 4) is 0 Å². The second-order valence-corrected chi connectivity index (χ2v) is 3.08. The summed E-state index contributed by atoms with van der Waals surface area (Å²) in [6, 6.07) is 0. The number of aliphatic carboxylic acids is 1. The number of carbonyl (C=O) groups is 2. The Morgan fingerprint density at radius 2 is 1.92 bits per heavy atom. The Bertz CT molecular complexity index is 220. The quantitative estimate of drug-likeness (QED) is 0.577. The molecular weight excluding hydrogens is 174 g/mol. The van der Waals surface area contributed by atoms with Gasteiger partial charge in [0.25, 0.3) is 0 Å². The molecule has 5 nitrogen and oxygen atoms in total. The van der Waals surface area contributed by atoms with E-state index < -0.39 is 17.3 Å². The zero-order valence-corrected chi connectivity index (χ0v) is 7.50. The lowest BCUT2D eigenvalue weighted by Gasteiger charge is -2.30. The standard InChI is InChI=1S/C8H13NO4/c1-9-6(10)8(7(11)12)2-4-13-5-3-8/h2-5H2,1H3,(H,9,10)(H,11,12). The molecule has 1 aliphatic heterocycles. The first-order chi connectivity index (χ1) is 6.13. The smallest absolute Gasteiger partial charge is 0.319 e. The van der Waals surface area contributed by atoms with Gasteiger partial charge in [-0.25, -0.2) is 0 Å². The molecule has 1 heterocycles. The van der Waals surface area contributed by atoms with Crippen molar-refractivity contribution >= 4 is 11.9 Å². The van der Waals surface area contributed by atoms with Gasteiger partial charge in [0, 0.05) is 20.3 Å². The molecule has 1 saturated heterocycles. The SMILES string of the molecule is CNC(=O)C1(C(=O)O)CCOCC1. The summed E-state index contributed by atoms with van der Waals surface area (Å²) in [6.07, 6.45) is 0.504. The third kappa shape index (κ3) is 1.65. The van der Waals surface area contributed by atoms with Crippen molar-refractivity contribution in [2.24, 2.45) is 5.41 Å². The Balaban J connectivity index is 2.85. The molecule has 0 atom stereocenters. The Morgan fingerprint density at radius 3 is 2.31 bits per heavy atom. The summed E-state index contributed by atoms with van der Waals surface area (Å²) < 4.78 is 5.03. The van der Waals surface area contributed by atoms with Crippen LogP contribution in [0.3, 0.4) is 0 Å². The van der Waals surface area contributed by atoms with E-state index in [1.165, 1.54) is 7.05 Å². The summed E-state index contributed by atoms with van der Waals surface area (Å²) in [5, 5.41) is 11.4. The molecule has 1 fully saturated rings. The predicted octanol–water partition coefficient (Wildman–Crippen LogP) is -0.386. The maximum Gasteiger partial charge on any atom is 0.319 e. The average molecular weight is 187 g/mol. The van der Waals surface area contributed by atoms with E-state index in [2.05, 4.69) is 5.32 Å². The van der Waals surface area contributed by atoms with Crippen LogP contribution in [0.1, 0.15) is 12.8 Å². The molecule has 0 saturated carbocycles. The molecule has 0 aromatic carbocycles. The number of rotatable bonds is 2. The number of hydrogen-bond donors (Lipinski definition) is 2. The van der Waals surface area contributed by atoms with E-state index in [0.29, 0.717) is 13.2 Å². The van der Waals surface area contributed by atoms with Gasteiger partial charge in [-0.2, -0.15) is 0 Å². The number of hydrogen-bond acceptors (Lipinski definition) is 3. The molecule has 1 aliphatic rings. The molecule has 0 aliphatic carbocycles. The van der Waals surface area contributed by atoms with Gasteiger partial charge in [-0.3, -0.25) is 9.59 Å². The van der Waals surface area contributed by atoms with Gasteiger partial charge in [0.2, 0.25) is 5.91 Å². The highest BCUT2D eigenvalue weighted by Crippen LogP contribution is 2.30. The van der Waals surface area contributed by atoms with Crippen LogP contribution in [0.25, 0.3) is 0 Å². The number of carboxylic acids is 1. The maximum absolute atomic E-state index is 11.4. The topological polar surface area (TPSA) is 75.6 Å². The molecule has 13 heavy (non-hydrogen) atoms. The first-order valence-corrected chi connectivity index (χ1v) is 4.17. The van der Waals surface area contributed by atoms with Crippen molar-refractivity contribution in [1.29, 1.82) is 0 Å². The van der Waals surface area contributed by atoms with Gasteiger partial charge < -0.3 is 15.2 Å². The van der Waals surface area contributed by atoms with Crippen LogP contribution in [-0.4, -0.2) is 37.2 Å². The zero-order chi connectivity index (χ0) is 9.90. The molecule has 74 valence electrons. The second kappa shape index (κ2) is 3.74. The fourth-order valence-corrected chi connectivity index (χ4v) is 1.50. The summed E-state index contributed by atoms with van der Waals surface area (Å²) in [4.78, 5) is 22.3. The molecule has 0 radical (unpaired) electrons. The van der Waals surface area contributed by atoms with Crippen LogP contribution in [0, 0.1) is 5.41 Å². The lowest BCUT2D eigenvalue weighted by molar-refractivity contribution is -0.162. The van der Waals surface area contributed by atoms with Crippen LogP contribution in [0.5, 0.6) is 0 Å². The van der Waals surface area contributed by atoms with E-state index in [4.69, 9.17) is 9.84 Å². The van der Waals surface area contributed by atoms with Gasteiger partial charge in [0.05, 0.1) is 0 Å². The number of ether oxygens (including phenoxy) is 1. The van der Waals surface area contributed by atoms with E-state index in [1.807, 2.05) is 0 Å². The van der Waals surface area contributed by atoms with Crippen LogP contribution >= 0.6 is 0 Å². The van der Waals surface area contributed by atoms with Crippen LogP contribution in [-0.2, 0) is 14.3 Å². The lowest BCUT2D eigenvalue weighted by atomic mass is 9.79. The first kappa shape index (κ1) is 9.98. The van der Waals surface area contributed by atoms with E-state index in [-0.39, 0.29) is 12.8 Å². The van der Waals surface area contributed by atoms with Crippen LogP contribution < -0.4 is 5.32 Å². The molecule has 1 amide bonds. The molecule has 0 spiro atoms. The van der Waals surface area contributed by atoms with E-state index in [0.717, 1.165) is 0 Å². The van der Waals surface area contributed by atoms with E-state index in [1.54, 1.807) is 0 Å². The Kier molecular flexibility index (Phi) is 2.87. The second-order valence-electron chi connectivity index (χ2n) is 3.08. The molecule has 0 unspecified atom stereocenters. The third-order valence-electron chi connectivity index (χ3n) is 2.42. The average Bonchev–Trinajstić information content (AvgIpc) is 2.17. The molecule has 2 N–H and O–H groups in total. The first-order valence-electron chi connectivity index (χ1n) is 4.17. The highest BCUT2D eigenvalue weighted by molar-refractivity contribution is 6.01. The van der Waals surface area contributed by atoms with E-state index >= 15 is 0 Å². The summed E-state index contributed by atoms with van der Waals surface area (Å²) in [7, 11) is 1.45. The highest BCUT2D eigenvalue weighted by Gasteiger charge is 2.46. The predicted molar refractivity (Wildman–Crippen MR) is 44.2 cm³/mol. The third-order valence-corrected chi connectivity index (χ3v) is 2.42. The summed E-state index contributed by atoms with van der Waals surface area (Å²) >= 11 is 0. The van der Waals surface area contributed by atoms with Crippen LogP contribution in [0.15, 0.2) is 0 Å². The largest absolute Gasteiger partial charge is 0.480 e. The molecular formula is C8H13NO4. The summed E-state index contributed by atoms with van der Waals surface area (Å²) in [6.45, 7) is 0.666. The minimum absolute atomic E-state index is 0.252.